The van der Waals surface area contributed by atoms with Gasteiger partial charge >= 0.3 is 17.9 Å². The molecule has 0 aromatic heterocycles. The van der Waals surface area contributed by atoms with Gasteiger partial charge in [-0.15, -0.1) is 0 Å². The van der Waals surface area contributed by atoms with Crippen LogP contribution < -0.4 is 0 Å². The van der Waals surface area contributed by atoms with E-state index in [0.29, 0.717) is 5.56 Å². The highest BCUT2D eigenvalue weighted by molar-refractivity contribution is 7.99. The van der Waals surface area contributed by atoms with Crippen LogP contribution in [0.1, 0.15) is 31.1 Å². The maximum absolute atomic E-state index is 13.2. The molecule has 1 saturated heterocycles. The molecular weight excluding hydrogens is 556 g/mol. The van der Waals surface area contributed by atoms with Gasteiger partial charge in [-0.25, -0.2) is 14.4 Å². The Balaban J connectivity index is 1.45. The molecule has 0 amide bonds. The van der Waals surface area contributed by atoms with E-state index in [4.69, 9.17) is 18.9 Å². The van der Waals surface area contributed by atoms with Crippen LogP contribution in [0.15, 0.2) is 126 Å². The largest absolute Gasteiger partial charge is 0.459 e. The Morgan fingerprint density at radius 2 is 1.05 bits per heavy atom. The summed E-state index contributed by atoms with van der Waals surface area (Å²) in [6.45, 7) is -0.334. The number of aliphatic hydroxyl groups is 1. The van der Waals surface area contributed by atoms with Crippen LogP contribution in [0.25, 0.3) is 0 Å². The minimum absolute atomic E-state index is 0.253. The molecule has 214 valence electrons. The molecule has 42 heavy (non-hydrogen) atoms. The number of carbonyl (C=O) groups excluding carboxylic acids is 3. The molecule has 1 aliphatic rings. The van der Waals surface area contributed by atoms with Crippen molar-refractivity contribution in [3.63, 3.8) is 0 Å². The van der Waals surface area contributed by atoms with Gasteiger partial charge < -0.3 is 24.1 Å². The number of ether oxygens (including phenoxy) is 4. The van der Waals surface area contributed by atoms with E-state index in [-0.39, 0.29) is 17.7 Å². The van der Waals surface area contributed by atoms with Crippen molar-refractivity contribution in [3.8, 4) is 0 Å². The predicted octanol–water partition coefficient (Wildman–Crippen LogP) is 5.17. The molecule has 0 aliphatic carbocycles. The Morgan fingerprint density at radius 1 is 0.619 bits per heavy atom. The van der Waals surface area contributed by atoms with Gasteiger partial charge in [0.1, 0.15) is 24.3 Å². The summed E-state index contributed by atoms with van der Waals surface area (Å²) in [5.41, 5.74) is -0.0663. The van der Waals surface area contributed by atoms with Crippen LogP contribution in [0.2, 0.25) is 0 Å². The Bertz CT molecular complexity index is 1470. The third-order valence-electron chi connectivity index (χ3n) is 6.51. The Morgan fingerprint density at radius 3 is 1.55 bits per heavy atom. The third-order valence-corrected chi connectivity index (χ3v) is 7.66. The number of hydrogen-bond donors (Lipinski definition) is 1. The van der Waals surface area contributed by atoms with Gasteiger partial charge in [-0.1, -0.05) is 84.6 Å². The molecule has 4 aromatic carbocycles. The lowest BCUT2D eigenvalue weighted by Gasteiger charge is -2.43. The number of hydrogen-bond acceptors (Lipinski definition) is 9. The summed E-state index contributed by atoms with van der Waals surface area (Å²) >= 11 is 1.23. The van der Waals surface area contributed by atoms with Gasteiger partial charge in [-0.05, 0) is 48.5 Å². The molecule has 0 spiro atoms. The first-order valence-electron chi connectivity index (χ1n) is 13.3. The number of esters is 3. The van der Waals surface area contributed by atoms with Crippen LogP contribution in [0, 0.1) is 0 Å². The number of thioether (sulfide) groups is 1. The summed E-state index contributed by atoms with van der Waals surface area (Å²) in [5, 5.41) is 11.5. The monoisotopic (exact) mass is 584 g/mol. The highest BCUT2D eigenvalue weighted by Gasteiger charge is 2.50. The first kappa shape index (κ1) is 29.1. The van der Waals surface area contributed by atoms with Crippen molar-refractivity contribution < 1.29 is 38.4 Å². The summed E-state index contributed by atoms with van der Waals surface area (Å²) in [6, 6.07) is 34.3. The van der Waals surface area contributed by atoms with E-state index in [9.17, 15) is 19.5 Å². The van der Waals surface area contributed by atoms with E-state index >= 15 is 0 Å². The van der Waals surface area contributed by atoms with Gasteiger partial charge in [-0.3, -0.25) is 0 Å². The standard InChI is InChI=1S/C33H28O8S/c34-27-26(21-38-30(35)22-13-5-1-6-14-22)39-33(42-25-19-11-4-12-20-25)29(41-32(37)24-17-9-3-10-18-24)28(27)40-31(36)23-15-7-2-8-16-23/h1-20,26-29,33-34H,21H2/t26-,27-,28+,29-,33+/m1/s1. The van der Waals surface area contributed by atoms with Crippen LogP contribution in [-0.2, 0) is 18.9 Å². The van der Waals surface area contributed by atoms with Crippen molar-refractivity contribution in [2.75, 3.05) is 6.61 Å². The van der Waals surface area contributed by atoms with Gasteiger partial charge in [0.05, 0.1) is 16.7 Å². The van der Waals surface area contributed by atoms with Crippen LogP contribution in [0.4, 0.5) is 0 Å². The summed E-state index contributed by atoms with van der Waals surface area (Å²) in [6.07, 6.45) is -5.16. The molecular formula is C33H28O8S. The SMILES string of the molecule is O=C(OC[C@H]1O[C@@H](Sc2ccccc2)[C@H](OC(=O)c2ccccc2)[C@@H](OC(=O)c2ccccc2)[C@@H]1O)c1ccccc1. The second kappa shape index (κ2) is 14.0. The van der Waals surface area contributed by atoms with Crippen molar-refractivity contribution in [2.45, 2.75) is 34.7 Å². The molecule has 4 aromatic rings. The van der Waals surface area contributed by atoms with Crippen LogP contribution >= 0.6 is 11.8 Å². The Labute approximate surface area is 247 Å². The van der Waals surface area contributed by atoms with E-state index in [0.717, 1.165) is 4.90 Å². The van der Waals surface area contributed by atoms with E-state index in [1.807, 2.05) is 30.3 Å². The first-order valence-corrected chi connectivity index (χ1v) is 14.2. The Hall–Kier alpha value is -4.44. The zero-order chi connectivity index (χ0) is 29.3. The van der Waals surface area contributed by atoms with Crippen molar-refractivity contribution in [1.82, 2.24) is 0 Å². The summed E-state index contributed by atoms with van der Waals surface area (Å²) in [4.78, 5) is 39.8. The number of benzene rings is 4. The van der Waals surface area contributed by atoms with Crippen LogP contribution in [0.3, 0.4) is 0 Å². The quantitative estimate of drug-likeness (QED) is 0.210. The van der Waals surface area contributed by atoms with Crippen molar-refractivity contribution >= 4 is 29.7 Å². The Kier molecular flexibility index (Phi) is 9.66. The van der Waals surface area contributed by atoms with Crippen LogP contribution in [-0.4, -0.2) is 59.5 Å². The lowest BCUT2D eigenvalue weighted by molar-refractivity contribution is -0.206. The number of aliphatic hydroxyl groups excluding tert-OH is 1. The average molecular weight is 585 g/mol. The highest BCUT2D eigenvalue weighted by atomic mass is 32.2. The molecule has 8 nitrogen and oxygen atoms in total. The molecule has 9 heteroatoms. The summed E-state index contributed by atoms with van der Waals surface area (Å²) in [5.74, 6) is -2.00. The van der Waals surface area contributed by atoms with Crippen molar-refractivity contribution in [3.05, 3.63) is 138 Å². The lowest BCUT2D eigenvalue weighted by Crippen LogP contribution is -2.60. The fourth-order valence-electron chi connectivity index (χ4n) is 4.36. The van der Waals surface area contributed by atoms with Gasteiger partial charge in [-0.2, -0.15) is 0 Å². The molecule has 0 saturated carbocycles. The van der Waals surface area contributed by atoms with Gasteiger partial charge in [0.15, 0.2) is 12.2 Å². The maximum Gasteiger partial charge on any atom is 0.338 e. The van der Waals surface area contributed by atoms with Crippen LogP contribution in [0.5, 0.6) is 0 Å². The third kappa shape index (κ3) is 7.25. The minimum atomic E-state index is -1.50. The fraction of sp³-hybridized carbons (Fsp3) is 0.182. The molecule has 5 rings (SSSR count). The van der Waals surface area contributed by atoms with E-state index < -0.39 is 47.8 Å². The zero-order valence-corrected chi connectivity index (χ0v) is 23.2. The molecule has 1 aliphatic heterocycles. The molecule has 0 unspecified atom stereocenters. The molecule has 5 atom stereocenters. The molecule has 1 N–H and O–H groups in total. The van der Waals surface area contributed by atoms with Crippen molar-refractivity contribution in [2.24, 2.45) is 0 Å². The fourth-order valence-corrected chi connectivity index (χ4v) is 5.49. The summed E-state index contributed by atoms with van der Waals surface area (Å²) in [7, 11) is 0. The minimum Gasteiger partial charge on any atom is -0.459 e. The maximum atomic E-state index is 13.2. The van der Waals surface area contributed by atoms with Gasteiger partial charge in [0.25, 0.3) is 0 Å². The normalized spacial score (nSPS) is 21.6. The van der Waals surface area contributed by atoms with Gasteiger partial charge in [0, 0.05) is 4.90 Å². The number of rotatable bonds is 9. The second-order valence-electron chi connectivity index (χ2n) is 9.40. The highest BCUT2D eigenvalue weighted by Crippen LogP contribution is 2.37. The van der Waals surface area contributed by atoms with Gasteiger partial charge in [0.2, 0.25) is 0 Å². The zero-order valence-electron chi connectivity index (χ0n) is 22.4. The smallest absolute Gasteiger partial charge is 0.338 e. The molecule has 1 heterocycles. The molecule has 0 bridgehead atoms. The molecule has 0 radical (unpaired) electrons. The topological polar surface area (TPSA) is 108 Å². The second-order valence-corrected chi connectivity index (χ2v) is 10.6. The lowest BCUT2D eigenvalue weighted by atomic mass is 9.99. The summed E-state index contributed by atoms with van der Waals surface area (Å²) < 4.78 is 23.4. The van der Waals surface area contributed by atoms with Crippen molar-refractivity contribution in [1.29, 1.82) is 0 Å². The van der Waals surface area contributed by atoms with E-state index in [1.165, 1.54) is 11.8 Å². The first-order chi connectivity index (χ1) is 20.5. The predicted molar refractivity (Wildman–Crippen MR) is 155 cm³/mol. The van der Waals surface area contributed by atoms with E-state index in [1.54, 1.807) is 91.0 Å². The number of carbonyl (C=O) groups is 3. The average Bonchev–Trinajstić information content (AvgIpc) is 3.04. The molecule has 1 fully saturated rings. The van der Waals surface area contributed by atoms with E-state index in [2.05, 4.69) is 0 Å².